The molecule has 2 N–H and O–H groups in total. The summed E-state index contributed by atoms with van der Waals surface area (Å²) < 4.78 is 32.3. The molecule has 0 radical (unpaired) electrons. The number of benzene rings is 2. The van der Waals surface area contributed by atoms with Gasteiger partial charge in [0.2, 0.25) is 10.0 Å². The maximum absolute atomic E-state index is 12.4. The third-order valence-electron chi connectivity index (χ3n) is 3.28. The van der Waals surface area contributed by atoms with E-state index in [9.17, 15) is 13.2 Å². The van der Waals surface area contributed by atoms with E-state index < -0.39 is 10.0 Å². The Morgan fingerprint density at radius 2 is 1.65 bits per heavy atom. The number of rotatable bonds is 7. The normalized spacial score (nSPS) is 11.6. The van der Waals surface area contributed by atoms with Gasteiger partial charge in [-0.2, -0.15) is 0 Å². The molecule has 1 amide bonds. The first-order valence-corrected chi connectivity index (χ1v) is 9.86. The van der Waals surface area contributed by atoms with Gasteiger partial charge < -0.3 is 10.1 Å². The molecule has 0 fully saturated rings. The molecule has 6 nitrogen and oxygen atoms in total. The second kappa shape index (κ2) is 8.33. The highest BCUT2D eigenvalue weighted by atomic mass is 32.2. The number of sulfonamides is 1. The SMILES string of the molecule is CC(C)NS(=O)(=O)c1ccc(NC(=O)c2cccc(OC(C)C)c2)cc1. The van der Waals surface area contributed by atoms with Crippen LogP contribution in [0.1, 0.15) is 38.1 Å². The van der Waals surface area contributed by atoms with E-state index in [1.807, 2.05) is 13.8 Å². The summed E-state index contributed by atoms with van der Waals surface area (Å²) in [5.74, 6) is 0.323. The third-order valence-corrected chi connectivity index (χ3v) is 4.96. The minimum absolute atomic E-state index is 0.0160. The fraction of sp³-hybridized carbons (Fsp3) is 0.316. The molecule has 0 saturated carbocycles. The van der Waals surface area contributed by atoms with Crippen LogP contribution in [0.2, 0.25) is 0 Å². The summed E-state index contributed by atoms with van der Waals surface area (Å²) in [6.45, 7) is 7.33. The lowest BCUT2D eigenvalue weighted by molar-refractivity contribution is 0.102. The summed E-state index contributed by atoms with van der Waals surface area (Å²) in [5, 5.41) is 2.75. The summed E-state index contributed by atoms with van der Waals surface area (Å²) in [6.07, 6.45) is 0.0160. The van der Waals surface area contributed by atoms with E-state index >= 15 is 0 Å². The molecule has 0 heterocycles. The molecule has 0 atom stereocenters. The monoisotopic (exact) mass is 376 g/mol. The molecule has 7 heteroatoms. The van der Waals surface area contributed by atoms with Gasteiger partial charge in [0.15, 0.2) is 0 Å². The van der Waals surface area contributed by atoms with Crippen molar-refractivity contribution in [1.82, 2.24) is 4.72 Å². The molecule has 140 valence electrons. The minimum atomic E-state index is -3.55. The Morgan fingerprint density at radius 3 is 2.23 bits per heavy atom. The van der Waals surface area contributed by atoms with Gasteiger partial charge in [0.1, 0.15) is 5.75 Å². The van der Waals surface area contributed by atoms with Crippen molar-refractivity contribution in [2.75, 3.05) is 5.32 Å². The van der Waals surface area contributed by atoms with Gasteiger partial charge in [0, 0.05) is 17.3 Å². The van der Waals surface area contributed by atoms with Crippen molar-refractivity contribution in [3.63, 3.8) is 0 Å². The average molecular weight is 376 g/mol. The van der Waals surface area contributed by atoms with Crippen LogP contribution in [-0.4, -0.2) is 26.5 Å². The Labute approximate surface area is 154 Å². The quantitative estimate of drug-likeness (QED) is 0.775. The number of carbonyl (C=O) groups is 1. The molecular weight excluding hydrogens is 352 g/mol. The summed E-state index contributed by atoms with van der Waals surface area (Å²) >= 11 is 0. The van der Waals surface area contributed by atoms with E-state index in [-0.39, 0.29) is 22.9 Å². The molecule has 0 unspecified atom stereocenters. The van der Waals surface area contributed by atoms with E-state index in [0.717, 1.165) is 0 Å². The van der Waals surface area contributed by atoms with Crippen LogP contribution in [0, 0.1) is 0 Å². The number of hydrogen-bond acceptors (Lipinski definition) is 4. The number of ether oxygens (including phenoxy) is 1. The smallest absolute Gasteiger partial charge is 0.255 e. The predicted molar refractivity (Wildman–Crippen MR) is 102 cm³/mol. The first-order chi connectivity index (χ1) is 12.2. The molecule has 2 aromatic carbocycles. The topological polar surface area (TPSA) is 84.5 Å². The largest absolute Gasteiger partial charge is 0.491 e. The lowest BCUT2D eigenvalue weighted by Crippen LogP contribution is -2.30. The molecule has 26 heavy (non-hydrogen) atoms. The van der Waals surface area contributed by atoms with E-state index in [1.54, 1.807) is 50.2 Å². The molecule has 2 aromatic rings. The summed E-state index contributed by atoms with van der Waals surface area (Å²) in [7, 11) is -3.55. The van der Waals surface area contributed by atoms with Crippen molar-refractivity contribution in [3.05, 3.63) is 54.1 Å². The molecule has 0 aliphatic carbocycles. The predicted octanol–water partition coefficient (Wildman–Crippen LogP) is 3.41. The average Bonchev–Trinajstić information content (AvgIpc) is 2.54. The Balaban J connectivity index is 2.10. The van der Waals surface area contributed by atoms with Crippen LogP contribution in [0.4, 0.5) is 5.69 Å². The zero-order valence-corrected chi connectivity index (χ0v) is 16.1. The van der Waals surface area contributed by atoms with Gasteiger partial charge in [-0.25, -0.2) is 13.1 Å². The first-order valence-electron chi connectivity index (χ1n) is 8.38. The van der Waals surface area contributed by atoms with Crippen LogP contribution >= 0.6 is 0 Å². The van der Waals surface area contributed by atoms with Gasteiger partial charge >= 0.3 is 0 Å². The van der Waals surface area contributed by atoms with E-state index in [4.69, 9.17) is 4.74 Å². The van der Waals surface area contributed by atoms with Gasteiger partial charge in [-0.15, -0.1) is 0 Å². The fourth-order valence-corrected chi connectivity index (χ4v) is 3.53. The molecule has 0 aliphatic rings. The fourth-order valence-electron chi connectivity index (χ4n) is 2.28. The van der Waals surface area contributed by atoms with Crippen LogP contribution in [0.15, 0.2) is 53.4 Å². The maximum Gasteiger partial charge on any atom is 0.255 e. The Morgan fingerprint density at radius 1 is 1.00 bits per heavy atom. The van der Waals surface area contributed by atoms with Gasteiger partial charge in [-0.1, -0.05) is 6.07 Å². The second-order valence-corrected chi connectivity index (χ2v) is 8.16. The molecule has 0 spiro atoms. The number of carbonyl (C=O) groups excluding carboxylic acids is 1. The van der Waals surface area contributed by atoms with E-state index in [1.165, 1.54) is 12.1 Å². The van der Waals surface area contributed by atoms with Crippen molar-refractivity contribution >= 4 is 21.6 Å². The number of amides is 1. The van der Waals surface area contributed by atoms with Gasteiger partial charge in [-0.3, -0.25) is 4.79 Å². The molecule has 2 rings (SSSR count). The number of hydrogen-bond donors (Lipinski definition) is 2. The molecule has 0 aromatic heterocycles. The Kier molecular flexibility index (Phi) is 6.39. The highest BCUT2D eigenvalue weighted by Gasteiger charge is 2.15. The number of nitrogens with one attached hydrogen (secondary N) is 2. The van der Waals surface area contributed by atoms with E-state index in [2.05, 4.69) is 10.0 Å². The standard InChI is InChI=1S/C19H24N2O4S/c1-13(2)21-26(23,24)18-10-8-16(9-11-18)20-19(22)15-6-5-7-17(12-15)25-14(3)4/h5-14,21H,1-4H3,(H,20,22). The van der Waals surface area contributed by atoms with Crippen LogP contribution in [0.25, 0.3) is 0 Å². The lowest BCUT2D eigenvalue weighted by atomic mass is 10.2. The molecule has 0 bridgehead atoms. The van der Waals surface area contributed by atoms with Crippen LogP contribution in [-0.2, 0) is 10.0 Å². The summed E-state index contributed by atoms with van der Waals surface area (Å²) in [6, 6.07) is 12.7. The first kappa shape index (κ1) is 19.9. The maximum atomic E-state index is 12.4. The van der Waals surface area contributed by atoms with Crippen molar-refractivity contribution < 1.29 is 17.9 Å². The Bertz CT molecular complexity index is 859. The van der Waals surface area contributed by atoms with Gasteiger partial charge in [-0.05, 0) is 70.2 Å². The Hall–Kier alpha value is -2.38. The van der Waals surface area contributed by atoms with Crippen molar-refractivity contribution in [3.8, 4) is 5.75 Å². The van der Waals surface area contributed by atoms with Crippen LogP contribution in [0.5, 0.6) is 5.75 Å². The highest BCUT2D eigenvalue weighted by Crippen LogP contribution is 2.18. The molecule has 0 aliphatic heterocycles. The van der Waals surface area contributed by atoms with Crippen molar-refractivity contribution in [1.29, 1.82) is 0 Å². The third kappa shape index (κ3) is 5.57. The van der Waals surface area contributed by atoms with E-state index in [0.29, 0.717) is 17.0 Å². The summed E-state index contributed by atoms with van der Waals surface area (Å²) in [4.78, 5) is 12.5. The molecular formula is C19H24N2O4S. The highest BCUT2D eigenvalue weighted by molar-refractivity contribution is 7.89. The zero-order valence-electron chi connectivity index (χ0n) is 15.3. The van der Waals surface area contributed by atoms with Gasteiger partial charge in [0.25, 0.3) is 5.91 Å². The summed E-state index contributed by atoms with van der Waals surface area (Å²) in [5.41, 5.74) is 0.968. The van der Waals surface area contributed by atoms with Crippen LogP contribution < -0.4 is 14.8 Å². The van der Waals surface area contributed by atoms with Crippen LogP contribution in [0.3, 0.4) is 0 Å². The lowest BCUT2D eigenvalue weighted by Gasteiger charge is -2.12. The zero-order chi connectivity index (χ0) is 19.3. The van der Waals surface area contributed by atoms with Crippen molar-refractivity contribution in [2.45, 2.75) is 44.7 Å². The number of anilines is 1. The van der Waals surface area contributed by atoms with Gasteiger partial charge in [0.05, 0.1) is 11.0 Å². The second-order valence-electron chi connectivity index (χ2n) is 6.45. The molecule has 0 saturated heterocycles. The van der Waals surface area contributed by atoms with Crippen molar-refractivity contribution in [2.24, 2.45) is 0 Å². The minimum Gasteiger partial charge on any atom is -0.491 e.